The summed E-state index contributed by atoms with van der Waals surface area (Å²) in [6.07, 6.45) is -0.306. The van der Waals surface area contributed by atoms with Gasteiger partial charge in [0.2, 0.25) is 5.91 Å². The standard InChI is InChI=1S/C17H21NO5/c1-12-2-4-13(5-3-12)15(19)6-7-16(20)18-8-9-23-14(11-18)10-17(21)22/h2-5,14H,6-11H2,1H3,(H,21,22). The van der Waals surface area contributed by atoms with Crippen molar-refractivity contribution in [1.29, 1.82) is 0 Å². The Balaban J connectivity index is 1.83. The number of Topliss-reactive ketones (excluding diaryl/α,β-unsaturated/α-hetero) is 1. The predicted octanol–water partition coefficient (Wildman–Crippen LogP) is 1.66. The van der Waals surface area contributed by atoms with Crippen LogP contribution in [0, 0.1) is 6.92 Å². The summed E-state index contributed by atoms with van der Waals surface area (Å²) < 4.78 is 5.33. The number of hydrogen-bond donors (Lipinski definition) is 1. The number of aryl methyl sites for hydroxylation is 1. The van der Waals surface area contributed by atoms with E-state index in [0.717, 1.165) is 5.56 Å². The van der Waals surface area contributed by atoms with Gasteiger partial charge in [-0.25, -0.2) is 0 Å². The number of carboxylic acids is 1. The topological polar surface area (TPSA) is 83.9 Å². The van der Waals surface area contributed by atoms with Crippen molar-refractivity contribution >= 4 is 17.7 Å². The van der Waals surface area contributed by atoms with E-state index in [0.29, 0.717) is 18.7 Å². The van der Waals surface area contributed by atoms with Gasteiger partial charge in [-0.05, 0) is 6.92 Å². The Bertz CT molecular complexity index is 581. The molecule has 1 aromatic carbocycles. The molecule has 1 heterocycles. The van der Waals surface area contributed by atoms with Gasteiger partial charge in [-0.2, -0.15) is 0 Å². The molecule has 1 aliphatic heterocycles. The zero-order chi connectivity index (χ0) is 16.8. The fourth-order valence-corrected chi connectivity index (χ4v) is 2.53. The van der Waals surface area contributed by atoms with Gasteiger partial charge in [0.1, 0.15) is 0 Å². The second kappa shape index (κ2) is 7.87. The molecule has 1 aliphatic rings. The first-order valence-electron chi connectivity index (χ1n) is 7.66. The highest BCUT2D eigenvalue weighted by atomic mass is 16.5. The molecule has 2 rings (SSSR count). The quantitative estimate of drug-likeness (QED) is 0.806. The van der Waals surface area contributed by atoms with E-state index in [4.69, 9.17) is 9.84 Å². The van der Waals surface area contributed by atoms with Crippen LogP contribution in [0.4, 0.5) is 0 Å². The number of aliphatic carboxylic acids is 1. The highest BCUT2D eigenvalue weighted by Gasteiger charge is 2.26. The third-order valence-corrected chi connectivity index (χ3v) is 3.83. The van der Waals surface area contributed by atoms with Crippen LogP contribution < -0.4 is 0 Å². The van der Waals surface area contributed by atoms with Crippen LogP contribution in [0.2, 0.25) is 0 Å². The first-order valence-corrected chi connectivity index (χ1v) is 7.66. The Morgan fingerprint density at radius 1 is 1.22 bits per heavy atom. The number of carbonyl (C=O) groups is 3. The van der Waals surface area contributed by atoms with Crippen LogP contribution in [0.5, 0.6) is 0 Å². The zero-order valence-electron chi connectivity index (χ0n) is 13.2. The number of ether oxygens (including phenoxy) is 1. The lowest BCUT2D eigenvalue weighted by atomic mass is 10.0. The van der Waals surface area contributed by atoms with Crippen LogP contribution in [0.25, 0.3) is 0 Å². The number of hydrogen-bond acceptors (Lipinski definition) is 4. The van der Waals surface area contributed by atoms with Crippen molar-refractivity contribution in [2.75, 3.05) is 19.7 Å². The van der Waals surface area contributed by atoms with Crippen LogP contribution >= 0.6 is 0 Å². The fourth-order valence-electron chi connectivity index (χ4n) is 2.53. The minimum atomic E-state index is -0.946. The molecule has 6 nitrogen and oxygen atoms in total. The Morgan fingerprint density at radius 2 is 1.91 bits per heavy atom. The molecule has 124 valence electrons. The number of carboxylic acid groups (broad SMARTS) is 1. The average molecular weight is 319 g/mol. The molecular weight excluding hydrogens is 298 g/mol. The average Bonchev–Trinajstić information content (AvgIpc) is 2.52. The van der Waals surface area contributed by atoms with Crippen molar-refractivity contribution in [3.05, 3.63) is 35.4 Å². The van der Waals surface area contributed by atoms with E-state index in [1.807, 2.05) is 19.1 Å². The summed E-state index contributed by atoms with van der Waals surface area (Å²) in [7, 11) is 0. The Kier molecular flexibility index (Phi) is 5.87. The van der Waals surface area contributed by atoms with Gasteiger partial charge in [0.25, 0.3) is 0 Å². The van der Waals surface area contributed by atoms with E-state index in [9.17, 15) is 14.4 Å². The van der Waals surface area contributed by atoms with E-state index < -0.39 is 12.1 Å². The molecule has 1 N–H and O–H groups in total. The molecular formula is C17H21NO5. The van der Waals surface area contributed by atoms with Gasteiger partial charge in [0, 0.05) is 31.5 Å². The van der Waals surface area contributed by atoms with Crippen LogP contribution in [-0.2, 0) is 14.3 Å². The lowest BCUT2D eigenvalue weighted by molar-refractivity contribution is -0.147. The normalized spacial score (nSPS) is 17.8. The molecule has 0 bridgehead atoms. The van der Waals surface area contributed by atoms with Crippen LogP contribution in [0.1, 0.15) is 35.2 Å². The van der Waals surface area contributed by atoms with Crippen molar-refractivity contribution in [2.24, 2.45) is 0 Å². The maximum absolute atomic E-state index is 12.2. The molecule has 0 spiro atoms. The van der Waals surface area contributed by atoms with Gasteiger partial charge in [0.15, 0.2) is 5.78 Å². The Morgan fingerprint density at radius 3 is 2.57 bits per heavy atom. The van der Waals surface area contributed by atoms with Crippen molar-refractivity contribution < 1.29 is 24.2 Å². The first-order chi connectivity index (χ1) is 11.0. The van der Waals surface area contributed by atoms with Gasteiger partial charge in [0.05, 0.1) is 19.1 Å². The summed E-state index contributed by atoms with van der Waals surface area (Å²) in [5.41, 5.74) is 1.68. The molecule has 1 unspecified atom stereocenters. The third-order valence-electron chi connectivity index (χ3n) is 3.83. The number of rotatable bonds is 6. The van der Waals surface area contributed by atoms with Gasteiger partial charge < -0.3 is 14.7 Å². The van der Waals surface area contributed by atoms with E-state index in [1.54, 1.807) is 17.0 Å². The predicted molar refractivity (Wildman–Crippen MR) is 83.3 cm³/mol. The summed E-state index contributed by atoms with van der Waals surface area (Å²) in [6.45, 7) is 2.98. The van der Waals surface area contributed by atoms with Crippen LogP contribution in [0.3, 0.4) is 0 Å². The lowest BCUT2D eigenvalue weighted by Gasteiger charge is -2.32. The maximum Gasteiger partial charge on any atom is 0.306 e. The van der Waals surface area contributed by atoms with Crippen LogP contribution in [-0.4, -0.2) is 53.5 Å². The van der Waals surface area contributed by atoms with Crippen molar-refractivity contribution in [3.63, 3.8) is 0 Å². The molecule has 23 heavy (non-hydrogen) atoms. The van der Waals surface area contributed by atoms with Gasteiger partial charge in [-0.15, -0.1) is 0 Å². The first kappa shape index (κ1) is 17.1. The molecule has 1 aromatic rings. The minimum absolute atomic E-state index is 0.0614. The monoisotopic (exact) mass is 319 g/mol. The minimum Gasteiger partial charge on any atom is -0.481 e. The molecule has 1 saturated heterocycles. The van der Waals surface area contributed by atoms with Crippen LogP contribution in [0.15, 0.2) is 24.3 Å². The highest BCUT2D eigenvalue weighted by molar-refractivity contribution is 5.98. The Labute approximate surface area is 135 Å². The van der Waals surface area contributed by atoms with E-state index in [-0.39, 0.29) is 37.5 Å². The Hall–Kier alpha value is -2.21. The van der Waals surface area contributed by atoms with E-state index >= 15 is 0 Å². The molecule has 1 fully saturated rings. The zero-order valence-corrected chi connectivity index (χ0v) is 13.2. The van der Waals surface area contributed by atoms with Crippen molar-refractivity contribution in [2.45, 2.75) is 32.3 Å². The summed E-state index contributed by atoms with van der Waals surface area (Å²) in [4.78, 5) is 36.6. The summed E-state index contributed by atoms with van der Waals surface area (Å²) in [6, 6.07) is 7.26. The van der Waals surface area contributed by atoms with E-state index in [1.165, 1.54) is 0 Å². The SMILES string of the molecule is Cc1ccc(C(=O)CCC(=O)N2CCOC(CC(=O)O)C2)cc1. The number of morpholine rings is 1. The van der Waals surface area contributed by atoms with Gasteiger partial charge in [-0.1, -0.05) is 29.8 Å². The lowest BCUT2D eigenvalue weighted by Crippen LogP contribution is -2.46. The van der Waals surface area contributed by atoms with Gasteiger partial charge >= 0.3 is 5.97 Å². The van der Waals surface area contributed by atoms with Gasteiger partial charge in [-0.3, -0.25) is 14.4 Å². The number of benzene rings is 1. The highest BCUT2D eigenvalue weighted by Crippen LogP contribution is 2.13. The number of amides is 1. The molecule has 0 aromatic heterocycles. The molecule has 1 atom stereocenters. The fraction of sp³-hybridized carbons (Fsp3) is 0.471. The summed E-state index contributed by atoms with van der Waals surface area (Å²) >= 11 is 0. The second-order valence-electron chi connectivity index (χ2n) is 5.72. The van der Waals surface area contributed by atoms with Crippen molar-refractivity contribution in [1.82, 2.24) is 4.90 Å². The maximum atomic E-state index is 12.2. The molecule has 0 radical (unpaired) electrons. The molecule has 6 heteroatoms. The smallest absolute Gasteiger partial charge is 0.306 e. The molecule has 0 saturated carbocycles. The van der Waals surface area contributed by atoms with E-state index in [2.05, 4.69) is 0 Å². The molecule has 0 aliphatic carbocycles. The van der Waals surface area contributed by atoms with Crippen molar-refractivity contribution in [3.8, 4) is 0 Å². The summed E-state index contributed by atoms with van der Waals surface area (Å²) in [5.74, 6) is -1.14. The largest absolute Gasteiger partial charge is 0.481 e. The molecule has 1 amide bonds. The number of ketones is 1. The third kappa shape index (κ3) is 5.17. The summed E-state index contributed by atoms with van der Waals surface area (Å²) in [5, 5.41) is 8.78. The number of carbonyl (C=O) groups excluding carboxylic acids is 2. The number of nitrogens with zero attached hydrogens (tertiary/aromatic N) is 1. The second-order valence-corrected chi connectivity index (χ2v) is 5.72.